The predicted molar refractivity (Wildman–Crippen MR) is 121 cm³/mol. The zero-order valence-corrected chi connectivity index (χ0v) is 19.4. The summed E-state index contributed by atoms with van der Waals surface area (Å²) in [5.74, 6) is 1.30. The third-order valence-corrected chi connectivity index (χ3v) is 6.95. The Bertz CT molecular complexity index is 719. The van der Waals surface area contributed by atoms with Crippen LogP contribution < -0.4 is 0 Å². The van der Waals surface area contributed by atoms with Crippen molar-refractivity contribution < 1.29 is 33.3 Å². The molecule has 7 nitrogen and oxygen atoms in total. The van der Waals surface area contributed by atoms with Gasteiger partial charge in [0.1, 0.15) is 17.8 Å². The number of carbonyl (C=O) groups is 1. The smallest absolute Gasteiger partial charge is 0.199 e. The summed E-state index contributed by atoms with van der Waals surface area (Å²) in [6.07, 6.45) is 12.5. The molecule has 0 bridgehead atoms. The van der Waals surface area contributed by atoms with E-state index in [1.54, 1.807) is 6.26 Å². The van der Waals surface area contributed by atoms with Crippen molar-refractivity contribution in [3.63, 3.8) is 0 Å². The number of ether oxygens (including phenoxy) is 4. The molecule has 1 aliphatic carbocycles. The molecule has 2 saturated heterocycles. The van der Waals surface area contributed by atoms with Crippen LogP contribution in [0, 0.1) is 11.8 Å². The maximum Gasteiger partial charge on any atom is 0.199 e. The Morgan fingerprint density at radius 1 is 1.12 bits per heavy atom. The molecule has 2 aliphatic heterocycles. The topological polar surface area (TPSA) is 87.4 Å². The van der Waals surface area contributed by atoms with Gasteiger partial charge in [0, 0.05) is 44.1 Å². The van der Waals surface area contributed by atoms with E-state index in [0.717, 1.165) is 75.6 Å². The van der Waals surface area contributed by atoms with Gasteiger partial charge in [0.15, 0.2) is 12.6 Å². The summed E-state index contributed by atoms with van der Waals surface area (Å²) < 4.78 is 29.9. The predicted octanol–water partition coefficient (Wildman–Crippen LogP) is 4.53. The molecule has 0 amide bonds. The third-order valence-electron chi connectivity index (χ3n) is 6.95. The molecule has 0 spiro atoms. The molecule has 0 radical (unpaired) electrons. The van der Waals surface area contributed by atoms with Gasteiger partial charge in [0.05, 0.1) is 25.1 Å². The van der Waals surface area contributed by atoms with Gasteiger partial charge < -0.3 is 33.3 Å². The molecule has 1 saturated carbocycles. The molecule has 1 aromatic rings. The average Bonchev–Trinajstić information content (AvgIpc) is 3.46. The van der Waals surface area contributed by atoms with Gasteiger partial charge in [-0.25, -0.2) is 0 Å². The number of hydrogen-bond donors (Lipinski definition) is 1. The monoisotopic (exact) mass is 462 g/mol. The molecule has 6 atom stereocenters. The van der Waals surface area contributed by atoms with E-state index < -0.39 is 6.10 Å². The Balaban J connectivity index is 1.50. The minimum absolute atomic E-state index is 0.204. The second kappa shape index (κ2) is 12.7. The average molecular weight is 463 g/mol. The number of unbranched alkanes of at least 4 members (excludes halogenated alkanes) is 1. The summed E-state index contributed by atoms with van der Waals surface area (Å²) in [6, 6.07) is 3.89. The van der Waals surface area contributed by atoms with Crippen LogP contribution in [0.4, 0.5) is 0 Å². The van der Waals surface area contributed by atoms with Crippen LogP contribution in [0.15, 0.2) is 34.6 Å². The summed E-state index contributed by atoms with van der Waals surface area (Å²) >= 11 is 0. The Kier molecular flexibility index (Phi) is 9.41. The lowest BCUT2D eigenvalue weighted by Gasteiger charge is -2.33. The van der Waals surface area contributed by atoms with Crippen molar-refractivity contribution in [2.75, 3.05) is 13.2 Å². The van der Waals surface area contributed by atoms with Gasteiger partial charge in [-0.3, -0.25) is 0 Å². The zero-order chi connectivity index (χ0) is 22.9. The molecule has 1 N–H and O–H groups in total. The van der Waals surface area contributed by atoms with Crippen molar-refractivity contribution >= 4 is 6.29 Å². The number of allylic oxidation sites excluding steroid dienone is 1. The molecule has 1 aromatic heterocycles. The highest BCUT2D eigenvalue weighted by Gasteiger charge is 2.47. The Labute approximate surface area is 196 Å². The number of furan rings is 1. The van der Waals surface area contributed by atoms with E-state index in [1.165, 1.54) is 0 Å². The van der Waals surface area contributed by atoms with Gasteiger partial charge in [-0.1, -0.05) is 0 Å². The first kappa shape index (κ1) is 24.5. The summed E-state index contributed by atoms with van der Waals surface area (Å²) in [5.41, 5.74) is 0. The maximum atomic E-state index is 11.5. The lowest BCUT2D eigenvalue weighted by atomic mass is 9.88. The standard InChI is InChI=1S/C26H38O7/c27-14-13-20-21(28)18-23(33-25-12-4-6-16-31-25)26(20)22(32-24-11-3-5-15-30-24)10-2-1-8-19-9-7-17-29-19/h7,9-10,14,17,20-21,23-26,28H,1-6,8,11-13,15-16,18H2/t20-,21-,23+,24?,25?,26+/m1/s1. The fourth-order valence-electron chi connectivity index (χ4n) is 5.23. The van der Waals surface area contributed by atoms with Crippen molar-refractivity contribution in [1.82, 2.24) is 0 Å². The van der Waals surface area contributed by atoms with Crippen LogP contribution in [0.3, 0.4) is 0 Å². The SMILES string of the molecule is O=CC[C@H]1[C@@H](C(=CCCCc2ccco2)OC2CCCCO2)[C@@H](OC2CCCCO2)C[C@H]1O. The fourth-order valence-corrected chi connectivity index (χ4v) is 5.23. The van der Waals surface area contributed by atoms with Crippen molar-refractivity contribution in [2.24, 2.45) is 11.8 Å². The quantitative estimate of drug-likeness (QED) is 0.294. The van der Waals surface area contributed by atoms with E-state index in [9.17, 15) is 9.90 Å². The molecule has 184 valence electrons. The fraction of sp³-hybridized carbons (Fsp3) is 0.731. The highest BCUT2D eigenvalue weighted by molar-refractivity contribution is 5.50. The lowest BCUT2D eigenvalue weighted by molar-refractivity contribution is -0.201. The van der Waals surface area contributed by atoms with Crippen molar-refractivity contribution in [3.05, 3.63) is 36.0 Å². The molecular formula is C26H38O7. The molecule has 3 fully saturated rings. The molecular weight excluding hydrogens is 424 g/mol. The molecule has 3 aliphatic rings. The second-order valence-electron chi connectivity index (χ2n) is 9.36. The van der Waals surface area contributed by atoms with Crippen LogP contribution in [0.5, 0.6) is 0 Å². The maximum absolute atomic E-state index is 11.5. The Morgan fingerprint density at radius 3 is 2.58 bits per heavy atom. The number of aliphatic hydroxyl groups is 1. The van der Waals surface area contributed by atoms with Crippen LogP contribution in [0.25, 0.3) is 0 Å². The summed E-state index contributed by atoms with van der Waals surface area (Å²) in [7, 11) is 0. The van der Waals surface area contributed by atoms with Crippen LogP contribution in [-0.4, -0.2) is 49.4 Å². The van der Waals surface area contributed by atoms with Gasteiger partial charge in [-0.15, -0.1) is 0 Å². The largest absolute Gasteiger partial charge is 0.469 e. The van der Waals surface area contributed by atoms with Crippen LogP contribution >= 0.6 is 0 Å². The normalized spacial score (nSPS) is 33.2. The number of hydrogen-bond acceptors (Lipinski definition) is 7. The third kappa shape index (κ3) is 6.92. The molecule has 4 rings (SSSR count). The van der Waals surface area contributed by atoms with Crippen molar-refractivity contribution in [1.29, 1.82) is 0 Å². The summed E-state index contributed by atoms with van der Waals surface area (Å²) in [5, 5.41) is 10.8. The van der Waals surface area contributed by atoms with Gasteiger partial charge in [0.25, 0.3) is 0 Å². The minimum atomic E-state index is -0.615. The highest BCUT2D eigenvalue weighted by atomic mass is 16.7. The van der Waals surface area contributed by atoms with E-state index in [-0.39, 0.29) is 36.9 Å². The van der Waals surface area contributed by atoms with Gasteiger partial charge >= 0.3 is 0 Å². The van der Waals surface area contributed by atoms with Crippen LogP contribution in [-0.2, 0) is 30.2 Å². The lowest BCUT2D eigenvalue weighted by Crippen LogP contribution is -2.34. The second-order valence-corrected chi connectivity index (χ2v) is 9.36. The zero-order valence-electron chi connectivity index (χ0n) is 19.4. The minimum Gasteiger partial charge on any atom is -0.469 e. The molecule has 0 aromatic carbocycles. The molecule has 7 heteroatoms. The van der Waals surface area contributed by atoms with E-state index in [2.05, 4.69) is 6.08 Å². The Morgan fingerprint density at radius 2 is 1.91 bits per heavy atom. The first-order chi connectivity index (χ1) is 16.2. The van der Waals surface area contributed by atoms with Crippen molar-refractivity contribution in [3.8, 4) is 0 Å². The summed E-state index contributed by atoms with van der Waals surface area (Å²) in [4.78, 5) is 11.5. The number of aldehydes is 1. The number of aliphatic hydroxyl groups excluding tert-OH is 1. The number of rotatable bonds is 11. The number of carbonyl (C=O) groups excluding carboxylic acids is 1. The van der Waals surface area contributed by atoms with E-state index in [1.807, 2.05) is 12.1 Å². The van der Waals surface area contributed by atoms with E-state index >= 15 is 0 Å². The summed E-state index contributed by atoms with van der Waals surface area (Å²) in [6.45, 7) is 1.39. The van der Waals surface area contributed by atoms with Crippen molar-refractivity contribution in [2.45, 2.75) is 95.4 Å². The van der Waals surface area contributed by atoms with Gasteiger partial charge in [-0.05, 0) is 63.2 Å². The van der Waals surface area contributed by atoms with Crippen LogP contribution in [0.2, 0.25) is 0 Å². The molecule has 3 heterocycles. The number of aryl methyl sites for hydroxylation is 1. The van der Waals surface area contributed by atoms with E-state index in [4.69, 9.17) is 23.4 Å². The van der Waals surface area contributed by atoms with Gasteiger partial charge in [-0.2, -0.15) is 0 Å². The van der Waals surface area contributed by atoms with Gasteiger partial charge in [0.2, 0.25) is 0 Å². The Hall–Kier alpha value is -1.67. The van der Waals surface area contributed by atoms with E-state index in [0.29, 0.717) is 19.6 Å². The first-order valence-electron chi connectivity index (χ1n) is 12.6. The highest BCUT2D eigenvalue weighted by Crippen LogP contribution is 2.43. The molecule has 33 heavy (non-hydrogen) atoms. The van der Waals surface area contributed by atoms with Crippen LogP contribution in [0.1, 0.15) is 70.0 Å². The molecule has 2 unspecified atom stereocenters. The first-order valence-corrected chi connectivity index (χ1v) is 12.6.